The van der Waals surface area contributed by atoms with Crippen LogP contribution in [0.1, 0.15) is 37.4 Å². The van der Waals surface area contributed by atoms with Crippen molar-refractivity contribution in [1.29, 1.82) is 0 Å². The van der Waals surface area contributed by atoms with Crippen molar-refractivity contribution >= 4 is 28.8 Å². The maximum absolute atomic E-state index is 13.2. The second-order valence-corrected chi connectivity index (χ2v) is 8.87. The number of thioether (sulfide) groups is 1. The molecule has 2 atom stereocenters. The molecule has 0 aliphatic carbocycles. The van der Waals surface area contributed by atoms with E-state index in [4.69, 9.17) is 14.2 Å². The van der Waals surface area contributed by atoms with Crippen LogP contribution in [0, 0.1) is 0 Å². The first-order valence-electron chi connectivity index (χ1n) is 10.7. The summed E-state index contributed by atoms with van der Waals surface area (Å²) in [7, 11) is 2.89. The van der Waals surface area contributed by atoms with Crippen LogP contribution in [0.4, 0.5) is 0 Å². The van der Waals surface area contributed by atoms with E-state index in [9.17, 15) is 9.59 Å². The number of carbonyl (C=O) groups is 2. The molecule has 0 unspecified atom stereocenters. The van der Waals surface area contributed by atoms with Gasteiger partial charge in [-0.2, -0.15) is 0 Å². The van der Waals surface area contributed by atoms with Crippen LogP contribution in [0.15, 0.2) is 64.8 Å². The molecule has 1 fully saturated rings. The fourth-order valence-electron chi connectivity index (χ4n) is 3.98. The fourth-order valence-corrected chi connectivity index (χ4v) is 5.12. The molecule has 2 heterocycles. The number of fused-ring (bicyclic) bond motifs is 1. The molecule has 8 heteroatoms. The molecule has 33 heavy (non-hydrogen) atoms. The summed E-state index contributed by atoms with van der Waals surface area (Å²) in [6.45, 7) is 4.12. The lowest BCUT2D eigenvalue weighted by atomic mass is 9.94. The first-order valence-corrected chi connectivity index (χ1v) is 11.6. The number of methoxy groups -OCH3 is 2. The third-order valence-corrected chi connectivity index (χ3v) is 6.99. The Labute approximate surface area is 197 Å². The Hall–Kier alpha value is -3.26. The van der Waals surface area contributed by atoms with Gasteiger partial charge in [0.2, 0.25) is 5.91 Å². The third kappa shape index (κ3) is 4.35. The number of hydrogen-bond donors (Lipinski definition) is 0. The van der Waals surface area contributed by atoms with Gasteiger partial charge in [0, 0.05) is 0 Å². The number of hydrogen-bond acceptors (Lipinski definition) is 7. The van der Waals surface area contributed by atoms with Crippen LogP contribution in [-0.4, -0.2) is 41.4 Å². The molecular weight excluding hydrogens is 440 g/mol. The van der Waals surface area contributed by atoms with Gasteiger partial charge in [0.15, 0.2) is 16.7 Å². The average Bonchev–Trinajstić information content (AvgIpc) is 3.16. The lowest BCUT2D eigenvalue weighted by Crippen LogP contribution is -2.40. The quantitative estimate of drug-likeness (QED) is 0.560. The zero-order valence-electron chi connectivity index (χ0n) is 19.0. The average molecular weight is 467 g/mol. The van der Waals surface area contributed by atoms with E-state index >= 15 is 0 Å². The minimum Gasteiger partial charge on any atom is -0.493 e. The number of allylic oxidation sites excluding steroid dienone is 1. The zero-order chi connectivity index (χ0) is 23.5. The Morgan fingerprint density at radius 3 is 2.55 bits per heavy atom. The molecular formula is C25H26N2O5S. The number of rotatable bonds is 7. The van der Waals surface area contributed by atoms with Crippen molar-refractivity contribution < 1.29 is 23.8 Å². The third-order valence-electron chi connectivity index (χ3n) is 5.67. The Bertz CT molecular complexity index is 1130. The number of nitrogens with zero attached hydrogens (tertiary/aromatic N) is 2. The van der Waals surface area contributed by atoms with E-state index < -0.39 is 12.0 Å². The van der Waals surface area contributed by atoms with Gasteiger partial charge in [0.25, 0.3) is 0 Å². The monoisotopic (exact) mass is 466 g/mol. The van der Waals surface area contributed by atoms with Crippen molar-refractivity contribution in [3.63, 3.8) is 0 Å². The number of benzene rings is 2. The van der Waals surface area contributed by atoms with Gasteiger partial charge in [0.1, 0.15) is 6.61 Å². The van der Waals surface area contributed by atoms with E-state index in [2.05, 4.69) is 4.99 Å². The van der Waals surface area contributed by atoms with Crippen molar-refractivity contribution in [3.8, 4) is 11.5 Å². The highest BCUT2D eigenvalue weighted by Gasteiger charge is 2.47. The molecule has 2 aromatic rings. The van der Waals surface area contributed by atoms with Crippen molar-refractivity contribution in [1.82, 2.24) is 4.90 Å². The number of amides is 1. The zero-order valence-corrected chi connectivity index (χ0v) is 19.8. The molecule has 7 nitrogen and oxygen atoms in total. The second kappa shape index (κ2) is 9.70. The molecule has 0 bridgehead atoms. The first kappa shape index (κ1) is 22.9. The number of esters is 1. The summed E-state index contributed by atoms with van der Waals surface area (Å²) in [4.78, 5) is 32.1. The Balaban J connectivity index is 1.72. The molecule has 0 aromatic heterocycles. The minimum absolute atomic E-state index is 0.0662. The van der Waals surface area contributed by atoms with Crippen LogP contribution in [0.2, 0.25) is 0 Å². The van der Waals surface area contributed by atoms with Crippen molar-refractivity contribution in [3.05, 3.63) is 70.9 Å². The topological polar surface area (TPSA) is 77.4 Å². The summed E-state index contributed by atoms with van der Waals surface area (Å²) in [5.74, 6) is 0.509. The lowest BCUT2D eigenvalue weighted by molar-refractivity contribution is -0.137. The second-order valence-electron chi connectivity index (χ2n) is 7.70. The molecule has 0 spiro atoms. The van der Waals surface area contributed by atoms with Gasteiger partial charge in [-0.05, 0) is 36.6 Å². The SMILES string of the molecule is CC[C@H]1SC2=NC(C)=C(C(=O)OC)[C@@H](c3ccc(OCc4ccccc4)c(OC)c3)N2C1=O. The molecule has 4 rings (SSSR count). The Morgan fingerprint density at radius 2 is 1.88 bits per heavy atom. The van der Waals surface area contributed by atoms with E-state index in [1.165, 1.54) is 18.9 Å². The standard InChI is InChI=1S/C25H26N2O5S/c1-5-20-23(28)27-22(21(24(29)31-4)15(2)26-25(27)33-20)17-11-12-18(19(13-17)30-3)32-14-16-9-7-6-8-10-16/h6-13,20,22H,5,14H2,1-4H3/t20-,22-/m1/s1. The van der Waals surface area contributed by atoms with Gasteiger partial charge < -0.3 is 14.2 Å². The molecule has 0 saturated carbocycles. The highest BCUT2D eigenvalue weighted by molar-refractivity contribution is 8.15. The Morgan fingerprint density at radius 1 is 1.12 bits per heavy atom. The number of ether oxygens (including phenoxy) is 3. The lowest BCUT2D eigenvalue weighted by Gasteiger charge is -2.33. The van der Waals surface area contributed by atoms with Gasteiger partial charge in [-0.1, -0.05) is 55.1 Å². The van der Waals surface area contributed by atoms with Crippen LogP contribution >= 0.6 is 11.8 Å². The molecule has 2 aliphatic heterocycles. The highest BCUT2D eigenvalue weighted by atomic mass is 32.2. The van der Waals surface area contributed by atoms with Crippen LogP contribution in [0.25, 0.3) is 0 Å². The number of aliphatic imine (C=N–C) groups is 1. The normalized spacial score (nSPS) is 19.8. The molecule has 0 radical (unpaired) electrons. The maximum Gasteiger partial charge on any atom is 0.338 e. The molecule has 172 valence electrons. The van der Waals surface area contributed by atoms with E-state index in [0.29, 0.717) is 41.0 Å². The van der Waals surface area contributed by atoms with E-state index in [-0.39, 0.29) is 11.2 Å². The molecule has 2 aromatic carbocycles. The van der Waals surface area contributed by atoms with E-state index in [0.717, 1.165) is 11.1 Å². The molecule has 0 N–H and O–H groups in total. The van der Waals surface area contributed by atoms with E-state index in [1.807, 2.05) is 43.3 Å². The summed E-state index contributed by atoms with van der Waals surface area (Å²) >= 11 is 1.43. The predicted molar refractivity (Wildman–Crippen MR) is 127 cm³/mol. The van der Waals surface area contributed by atoms with Gasteiger partial charge in [-0.25, -0.2) is 9.79 Å². The summed E-state index contributed by atoms with van der Waals surface area (Å²) in [6, 6.07) is 14.6. The number of carbonyl (C=O) groups excluding carboxylic acids is 2. The van der Waals surface area contributed by atoms with E-state index in [1.54, 1.807) is 31.1 Å². The minimum atomic E-state index is -0.654. The first-order chi connectivity index (χ1) is 16.0. The van der Waals surface area contributed by atoms with Crippen molar-refractivity contribution in [2.75, 3.05) is 14.2 Å². The maximum atomic E-state index is 13.2. The van der Waals surface area contributed by atoms with Crippen molar-refractivity contribution in [2.24, 2.45) is 4.99 Å². The van der Waals surface area contributed by atoms with Crippen LogP contribution in [0.5, 0.6) is 11.5 Å². The van der Waals surface area contributed by atoms with Gasteiger partial charge >= 0.3 is 5.97 Å². The summed E-state index contributed by atoms with van der Waals surface area (Å²) < 4.78 is 16.6. The molecule has 1 amide bonds. The summed E-state index contributed by atoms with van der Waals surface area (Å²) in [5.41, 5.74) is 2.64. The fraction of sp³-hybridized carbons (Fsp3) is 0.320. The summed E-state index contributed by atoms with van der Waals surface area (Å²) in [6.07, 6.45) is 0.675. The van der Waals surface area contributed by atoms with Crippen LogP contribution in [-0.2, 0) is 20.9 Å². The Kier molecular flexibility index (Phi) is 6.74. The largest absolute Gasteiger partial charge is 0.493 e. The van der Waals surface area contributed by atoms with Gasteiger partial charge in [-0.15, -0.1) is 0 Å². The smallest absolute Gasteiger partial charge is 0.338 e. The van der Waals surface area contributed by atoms with Crippen LogP contribution < -0.4 is 9.47 Å². The molecule has 2 aliphatic rings. The van der Waals surface area contributed by atoms with Gasteiger partial charge in [-0.3, -0.25) is 9.69 Å². The van der Waals surface area contributed by atoms with Crippen molar-refractivity contribution in [2.45, 2.75) is 38.2 Å². The van der Waals surface area contributed by atoms with Crippen LogP contribution in [0.3, 0.4) is 0 Å². The highest BCUT2D eigenvalue weighted by Crippen LogP contribution is 2.45. The predicted octanol–water partition coefficient (Wildman–Crippen LogP) is 4.49. The number of amidine groups is 1. The molecule has 1 saturated heterocycles. The summed E-state index contributed by atoms with van der Waals surface area (Å²) in [5, 5.41) is 0.372. The van der Waals surface area contributed by atoms with Gasteiger partial charge in [0.05, 0.1) is 36.8 Å².